The SMILES string of the molecule is CCOC[C@@H]1CNC(=O)O1. The normalized spacial score (nSPS) is 24.1. The van der Waals surface area contributed by atoms with Crippen LogP contribution in [0, 0.1) is 0 Å². The highest BCUT2D eigenvalue weighted by molar-refractivity contribution is 5.69. The zero-order chi connectivity index (χ0) is 7.40. The van der Waals surface area contributed by atoms with Gasteiger partial charge in [-0.25, -0.2) is 4.79 Å². The van der Waals surface area contributed by atoms with Gasteiger partial charge < -0.3 is 14.8 Å². The molecular weight excluding hydrogens is 134 g/mol. The maximum atomic E-state index is 10.4. The fourth-order valence-corrected chi connectivity index (χ4v) is 0.774. The van der Waals surface area contributed by atoms with Gasteiger partial charge in [-0.3, -0.25) is 0 Å². The van der Waals surface area contributed by atoms with Crippen LogP contribution in [0.5, 0.6) is 0 Å². The van der Waals surface area contributed by atoms with Crippen molar-refractivity contribution in [3.05, 3.63) is 0 Å². The number of alkyl carbamates (subject to hydrolysis) is 1. The molecule has 0 unspecified atom stereocenters. The van der Waals surface area contributed by atoms with E-state index in [1.807, 2.05) is 6.92 Å². The molecule has 0 radical (unpaired) electrons. The molecule has 0 saturated carbocycles. The van der Waals surface area contributed by atoms with Crippen molar-refractivity contribution in [1.82, 2.24) is 5.32 Å². The van der Waals surface area contributed by atoms with E-state index >= 15 is 0 Å². The quantitative estimate of drug-likeness (QED) is 0.614. The maximum Gasteiger partial charge on any atom is 0.407 e. The lowest BCUT2D eigenvalue weighted by molar-refractivity contribution is 0.0516. The van der Waals surface area contributed by atoms with Crippen LogP contribution in [-0.2, 0) is 9.47 Å². The molecule has 1 rings (SSSR count). The van der Waals surface area contributed by atoms with Crippen molar-refractivity contribution in [2.24, 2.45) is 0 Å². The minimum absolute atomic E-state index is 0.0903. The Bertz CT molecular complexity index is 126. The van der Waals surface area contributed by atoms with Gasteiger partial charge in [0, 0.05) is 6.61 Å². The van der Waals surface area contributed by atoms with Gasteiger partial charge in [-0.1, -0.05) is 0 Å². The number of nitrogens with one attached hydrogen (secondary N) is 1. The molecule has 4 nitrogen and oxygen atoms in total. The van der Waals surface area contributed by atoms with E-state index < -0.39 is 0 Å². The van der Waals surface area contributed by atoms with Crippen molar-refractivity contribution in [3.63, 3.8) is 0 Å². The van der Waals surface area contributed by atoms with Crippen molar-refractivity contribution >= 4 is 6.09 Å². The van der Waals surface area contributed by atoms with E-state index in [9.17, 15) is 4.79 Å². The number of rotatable bonds is 3. The number of carbonyl (C=O) groups excluding carboxylic acids is 1. The molecule has 1 aliphatic rings. The van der Waals surface area contributed by atoms with Crippen molar-refractivity contribution in [1.29, 1.82) is 0 Å². The molecule has 1 aliphatic heterocycles. The first-order chi connectivity index (χ1) is 4.83. The van der Waals surface area contributed by atoms with Crippen LogP contribution in [0.3, 0.4) is 0 Å². The molecule has 1 heterocycles. The van der Waals surface area contributed by atoms with Gasteiger partial charge in [0.2, 0.25) is 0 Å². The van der Waals surface area contributed by atoms with Gasteiger partial charge in [0.25, 0.3) is 0 Å². The zero-order valence-electron chi connectivity index (χ0n) is 5.92. The molecule has 1 saturated heterocycles. The van der Waals surface area contributed by atoms with Crippen LogP contribution < -0.4 is 5.32 Å². The Kier molecular flexibility index (Phi) is 2.50. The lowest BCUT2D eigenvalue weighted by atomic mass is 10.4. The van der Waals surface area contributed by atoms with E-state index in [2.05, 4.69) is 5.32 Å². The molecule has 1 atom stereocenters. The molecule has 0 aromatic carbocycles. The Morgan fingerprint density at radius 1 is 1.90 bits per heavy atom. The second kappa shape index (κ2) is 3.41. The fourth-order valence-electron chi connectivity index (χ4n) is 0.774. The number of cyclic esters (lactones) is 1. The third-order valence-corrected chi connectivity index (χ3v) is 1.26. The minimum Gasteiger partial charge on any atom is -0.442 e. The Hall–Kier alpha value is -0.770. The molecule has 58 valence electrons. The Morgan fingerprint density at radius 3 is 3.20 bits per heavy atom. The van der Waals surface area contributed by atoms with E-state index in [0.29, 0.717) is 19.8 Å². The predicted molar refractivity (Wildman–Crippen MR) is 34.8 cm³/mol. The first kappa shape index (κ1) is 7.34. The molecule has 0 spiro atoms. The highest BCUT2D eigenvalue weighted by atomic mass is 16.6. The van der Waals surface area contributed by atoms with Crippen molar-refractivity contribution < 1.29 is 14.3 Å². The molecule has 1 amide bonds. The van der Waals surface area contributed by atoms with E-state index in [4.69, 9.17) is 9.47 Å². The lowest BCUT2D eigenvalue weighted by Gasteiger charge is -2.05. The average molecular weight is 145 g/mol. The smallest absolute Gasteiger partial charge is 0.407 e. The van der Waals surface area contributed by atoms with Gasteiger partial charge in [-0.2, -0.15) is 0 Å². The summed E-state index contributed by atoms with van der Waals surface area (Å²) in [6.07, 6.45) is -0.433. The summed E-state index contributed by atoms with van der Waals surface area (Å²) in [7, 11) is 0. The van der Waals surface area contributed by atoms with Crippen LogP contribution in [-0.4, -0.2) is 32.0 Å². The third kappa shape index (κ3) is 1.88. The zero-order valence-corrected chi connectivity index (χ0v) is 5.92. The second-order valence-electron chi connectivity index (χ2n) is 2.07. The second-order valence-corrected chi connectivity index (χ2v) is 2.07. The molecule has 1 N–H and O–H groups in total. The van der Waals surface area contributed by atoms with Gasteiger partial charge in [0.05, 0.1) is 13.2 Å². The van der Waals surface area contributed by atoms with E-state index in [1.54, 1.807) is 0 Å². The third-order valence-electron chi connectivity index (χ3n) is 1.26. The summed E-state index contributed by atoms with van der Waals surface area (Å²) in [5.41, 5.74) is 0. The summed E-state index contributed by atoms with van der Waals surface area (Å²) >= 11 is 0. The molecule has 4 heteroatoms. The van der Waals surface area contributed by atoms with Gasteiger partial charge in [0.15, 0.2) is 0 Å². The highest BCUT2D eigenvalue weighted by Crippen LogP contribution is 1.99. The average Bonchev–Trinajstić information content (AvgIpc) is 2.31. The van der Waals surface area contributed by atoms with Crippen molar-refractivity contribution in [3.8, 4) is 0 Å². The molecule has 10 heavy (non-hydrogen) atoms. The summed E-state index contributed by atoms with van der Waals surface area (Å²) in [6, 6.07) is 0. The lowest BCUT2D eigenvalue weighted by Crippen LogP contribution is -2.20. The standard InChI is InChI=1S/C6H11NO3/c1-2-9-4-5-3-7-6(8)10-5/h5H,2-4H2,1H3,(H,7,8)/t5-/m0/s1. The molecule has 1 fully saturated rings. The first-order valence-corrected chi connectivity index (χ1v) is 3.35. The van der Waals surface area contributed by atoms with Gasteiger partial charge >= 0.3 is 6.09 Å². The predicted octanol–water partition coefficient (Wildman–Crippen LogP) is 0.131. The van der Waals surface area contributed by atoms with Crippen LogP contribution in [0.25, 0.3) is 0 Å². The van der Waals surface area contributed by atoms with Crippen LogP contribution in [0.1, 0.15) is 6.92 Å². The van der Waals surface area contributed by atoms with Crippen LogP contribution >= 0.6 is 0 Å². The van der Waals surface area contributed by atoms with Crippen molar-refractivity contribution in [2.75, 3.05) is 19.8 Å². The number of carbonyl (C=O) groups is 1. The summed E-state index contributed by atoms with van der Waals surface area (Å²) in [4.78, 5) is 10.4. The summed E-state index contributed by atoms with van der Waals surface area (Å²) in [5, 5.41) is 2.54. The number of hydrogen-bond acceptors (Lipinski definition) is 3. The van der Waals surface area contributed by atoms with E-state index in [1.165, 1.54) is 0 Å². The fraction of sp³-hybridized carbons (Fsp3) is 0.833. The van der Waals surface area contributed by atoms with Crippen LogP contribution in [0.2, 0.25) is 0 Å². The first-order valence-electron chi connectivity index (χ1n) is 3.35. The molecule has 0 bridgehead atoms. The van der Waals surface area contributed by atoms with Gasteiger partial charge in [-0.15, -0.1) is 0 Å². The highest BCUT2D eigenvalue weighted by Gasteiger charge is 2.21. The monoisotopic (exact) mass is 145 g/mol. The Balaban J connectivity index is 2.12. The summed E-state index contributed by atoms with van der Waals surface area (Å²) in [5.74, 6) is 0. The number of ether oxygens (including phenoxy) is 2. The van der Waals surface area contributed by atoms with Gasteiger partial charge in [0.1, 0.15) is 6.10 Å². The maximum absolute atomic E-state index is 10.4. The summed E-state index contributed by atoms with van der Waals surface area (Å²) < 4.78 is 9.84. The topological polar surface area (TPSA) is 47.6 Å². The number of hydrogen-bond donors (Lipinski definition) is 1. The molecule has 0 aromatic rings. The molecule has 0 aromatic heterocycles. The largest absolute Gasteiger partial charge is 0.442 e. The van der Waals surface area contributed by atoms with E-state index in [0.717, 1.165) is 0 Å². The Morgan fingerprint density at radius 2 is 2.70 bits per heavy atom. The number of amides is 1. The minimum atomic E-state index is -0.343. The Labute approximate surface area is 59.5 Å². The summed E-state index contributed by atoms with van der Waals surface area (Å²) in [6.45, 7) is 3.63. The van der Waals surface area contributed by atoms with Crippen LogP contribution in [0.4, 0.5) is 4.79 Å². The van der Waals surface area contributed by atoms with Crippen LogP contribution in [0.15, 0.2) is 0 Å². The molecule has 0 aliphatic carbocycles. The molecular formula is C6H11NO3. The van der Waals surface area contributed by atoms with E-state index in [-0.39, 0.29) is 12.2 Å². The van der Waals surface area contributed by atoms with Crippen molar-refractivity contribution in [2.45, 2.75) is 13.0 Å². The van der Waals surface area contributed by atoms with Gasteiger partial charge in [-0.05, 0) is 6.92 Å².